The van der Waals surface area contributed by atoms with Crippen molar-refractivity contribution in [1.29, 1.82) is 0 Å². The van der Waals surface area contributed by atoms with Crippen molar-refractivity contribution in [1.82, 2.24) is 10.6 Å². The van der Waals surface area contributed by atoms with Gasteiger partial charge in [-0.3, -0.25) is 9.59 Å². The summed E-state index contributed by atoms with van der Waals surface area (Å²) in [6, 6.07) is 5.59. The van der Waals surface area contributed by atoms with Gasteiger partial charge in [0.15, 0.2) is 6.61 Å². The lowest BCUT2D eigenvalue weighted by atomic mass is 9.84. The van der Waals surface area contributed by atoms with Crippen LogP contribution in [0.25, 0.3) is 0 Å². The number of hydrogen-bond donors (Lipinski definition) is 2. The highest BCUT2D eigenvalue weighted by Gasteiger charge is 2.20. The quantitative estimate of drug-likeness (QED) is 0.741. The summed E-state index contributed by atoms with van der Waals surface area (Å²) in [5.74, 6) is 0.877. The minimum absolute atomic E-state index is 0.0403. The van der Waals surface area contributed by atoms with Crippen LogP contribution in [0.1, 0.15) is 50.5 Å². The van der Waals surface area contributed by atoms with Gasteiger partial charge >= 0.3 is 0 Å². The average Bonchev–Trinajstić information content (AvgIpc) is 2.58. The van der Waals surface area contributed by atoms with Crippen molar-refractivity contribution >= 4 is 23.4 Å². The zero-order chi connectivity index (χ0) is 17.4. The minimum atomic E-state index is -0.204. The lowest BCUT2D eigenvalue weighted by Gasteiger charge is -2.24. The van der Waals surface area contributed by atoms with E-state index < -0.39 is 0 Å². The molecule has 0 heterocycles. The van der Waals surface area contributed by atoms with E-state index in [1.165, 1.54) is 26.2 Å². The molecule has 0 bridgehead atoms. The second kappa shape index (κ2) is 9.52. The molecule has 2 rings (SSSR count). The van der Waals surface area contributed by atoms with E-state index >= 15 is 0 Å². The van der Waals surface area contributed by atoms with E-state index in [1.807, 2.05) is 12.1 Å². The first kappa shape index (κ1) is 18.6. The molecule has 2 amide bonds. The van der Waals surface area contributed by atoms with Gasteiger partial charge in [-0.2, -0.15) is 0 Å². The van der Waals surface area contributed by atoms with Crippen LogP contribution in [0.5, 0.6) is 5.75 Å². The van der Waals surface area contributed by atoms with Gasteiger partial charge in [0.1, 0.15) is 5.75 Å². The molecule has 0 aliphatic heterocycles. The molecule has 5 nitrogen and oxygen atoms in total. The topological polar surface area (TPSA) is 67.4 Å². The molecule has 0 spiro atoms. The highest BCUT2D eigenvalue weighted by molar-refractivity contribution is 6.30. The number of benzene rings is 1. The first-order chi connectivity index (χ1) is 11.6. The van der Waals surface area contributed by atoms with E-state index in [0.717, 1.165) is 24.2 Å². The molecule has 1 aromatic rings. The highest BCUT2D eigenvalue weighted by atomic mass is 35.5. The van der Waals surface area contributed by atoms with Crippen LogP contribution in [-0.2, 0) is 9.59 Å². The Bertz CT molecular complexity index is 571. The third-order valence-corrected chi connectivity index (χ3v) is 4.43. The molecule has 1 aliphatic rings. The second-order valence-corrected chi connectivity index (χ2v) is 6.58. The smallest absolute Gasteiger partial charge is 0.258 e. The average molecular weight is 353 g/mol. The predicted octanol–water partition coefficient (Wildman–Crippen LogP) is 3.02. The maximum absolute atomic E-state index is 11.8. The van der Waals surface area contributed by atoms with E-state index in [-0.39, 0.29) is 18.4 Å². The van der Waals surface area contributed by atoms with Crippen molar-refractivity contribution in [2.24, 2.45) is 0 Å². The van der Waals surface area contributed by atoms with Gasteiger partial charge < -0.3 is 15.4 Å². The predicted molar refractivity (Wildman–Crippen MR) is 94.5 cm³/mol. The molecule has 24 heavy (non-hydrogen) atoms. The lowest BCUT2D eigenvalue weighted by molar-refractivity contribution is -0.123. The monoisotopic (exact) mass is 352 g/mol. The number of halogens is 1. The second-order valence-electron chi connectivity index (χ2n) is 6.14. The molecule has 132 valence electrons. The fourth-order valence-corrected chi connectivity index (χ4v) is 3.20. The van der Waals surface area contributed by atoms with E-state index in [9.17, 15) is 9.59 Å². The SMILES string of the molecule is CC(=O)NCCNC(=O)COc1ccc(Cl)cc1C1CCCCC1. The number of carbonyl (C=O) groups excluding carboxylic acids is 2. The van der Waals surface area contributed by atoms with Crippen molar-refractivity contribution < 1.29 is 14.3 Å². The molecule has 0 unspecified atom stereocenters. The maximum Gasteiger partial charge on any atom is 0.258 e. The Hall–Kier alpha value is -1.75. The van der Waals surface area contributed by atoms with Crippen molar-refractivity contribution in [2.75, 3.05) is 19.7 Å². The molecule has 1 saturated carbocycles. The molecule has 2 N–H and O–H groups in total. The van der Waals surface area contributed by atoms with Gasteiger partial charge in [-0.05, 0) is 42.5 Å². The van der Waals surface area contributed by atoms with Crippen LogP contribution in [0.2, 0.25) is 5.02 Å². The summed E-state index contributed by atoms with van der Waals surface area (Å²) in [6.45, 7) is 2.20. The minimum Gasteiger partial charge on any atom is -0.483 e. The van der Waals surface area contributed by atoms with E-state index in [4.69, 9.17) is 16.3 Å². The maximum atomic E-state index is 11.8. The summed E-state index contributed by atoms with van der Waals surface area (Å²) >= 11 is 6.14. The molecule has 0 aromatic heterocycles. The standard InChI is InChI=1S/C18H25ClN2O3/c1-13(22)20-9-10-21-18(23)12-24-17-8-7-15(19)11-16(17)14-5-3-2-4-6-14/h7-8,11,14H,2-6,9-10,12H2,1H3,(H,20,22)(H,21,23). The normalized spacial score (nSPS) is 14.9. The summed E-state index contributed by atoms with van der Waals surface area (Å²) in [5, 5.41) is 6.03. The molecule has 1 aliphatic carbocycles. The van der Waals surface area contributed by atoms with Crippen molar-refractivity contribution in [3.63, 3.8) is 0 Å². The van der Waals surface area contributed by atoms with Gasteiger partial charge in [0, 0.05) is 25.0 Å². The molecular weight excluding hydrogens is 328 g/mol. The Morgan fingerprint density at radius 1 is 1.17 bits per heavy atom. The molecule has 6 heteroatoms. The van der Waals surface area contributed by atoms with Crippen LogP contribution in [-0.4, -0.2) is 31.5 Å². The molecule has 1 aromatic carbocycles. The van der Waals surface area contributed by atoms with Crippen LogP contribution in [0.15, 0.2) is 18.2 Å². The van der Waals surface area contributed by atoms with Gasteiger partial charge in [0.05, 0.1) is 0 Å². The molecule has 0 saturated heterocycles. The van der Waals surface area contributed by atoms with Gasteiger partial charge in [-0.25, -0.2) is 0 Å². The van der Waals surface area contributed by atoms with Gasteiger partial charge in [-0.15, -0.1) is 0 Å². The van der Waals surface area contributed by atoms with Gasteiger partial charge in [0.2, 0.25) is 5.91 Å². The largest absolute Gasteiger partial charge is 0.483 e. The fourth-order valence-electron chi connectivity index (χ4n) is 3.02. The number of hydrogen-bond acceptors (Lipinski definition) is 3. The molecule has 1 fully saturated rings. The van der Waals surface area contributed by atoms with Crippen LogP contribution in [0.4, 0.5) is 0 Å². The van der Waals surface area contributed by atoms with E-state index in [1.54, 1.807) is 6.07 Å². The van der Waals surface area contributed by atoms with Crippen molar-refractivity contribution in [2.45, 2.75) is 44.9 Å². The van der Waals surface area contributed by atoms with E-state index in [0.29, 0.717) is 24.0 Å². The summed E-state index contributed by atoms with van der Waals surface area (Å²) < 4.78 is 5.73. The summed E-state index contributed by atoms with van der Waals surface area (Å²) in [6.07, 6.45) is 6.00. The van der Waals surface area contributed by atoms with Crippen LogP contribution < -0.4 is 15.4 Å². The Labute approximate surface area is 148 Å². The molecule has 0 atom stereocenters. The zero-order valence-corrected chi connectivity index (χ0v) is 14.8. The number of amides is 2. The summed E-state index contributed by atoms with van der Waals surface area (Å²) in [4.78, 5) is 22.6. The molecular formula is C18H25ClN2O3. The summed E-state index contributed by atoms with van der Waals surface area (Å²) in [5.41, 5.74) is 1.10. The molecule has 0 radical (unpaired) electrons. The number of nitrogens with one attached hydrogen (secondary N) is 2. The Morgan fingerprint density at radius 3 is 2.58 bits per heavy atom. The first-order valence-corrected chi connectivity index (χ1v) is 8.87. The Morgan fingerprint density at radius 2 is 1.88 bits per heavy atom. The van der Waals surface area contributed by atoms with Crippen LogP contribution in [0.3, 0.4) is 0 Å². The Kier molecular flexibility index (Phi) is 7.37. The van der Waals surface area contributed by atoms with Gasteiger partial charge in [0.25, 0.3) is 5.91 Å². The van der Waals surface area contributed by atoms with Crippen molar-refractivity contribution in [3.05, 3.63) is 28.8 Å². The number of ether oxygens (including phenoxy) is 1. The summed E-state index contributed by atoms with van der Waals surface area (Å²) in [7, 11) is 0. The lowest BCUT2D eigenvalue weighted by Crippen LogP contribution is -2.36. The van der Waals surface area contributed by atoms with E-state index in [2.05, 4.69) is 10.6 Å². The third kappa shape index (κ3) is 6.04. The third-order valence-electron chi connectivity index (χ3n) is 4.20. The number of rotatable bonds is 7. The van der Waals surface area contributed by atoms with Crippen LogP contribution >= 0.6 is 11.6 Å². The Balaban J connectivity index is 1.87. The van der Waals surface area contributed by atoms with Crippen molar-refractivity contribution in [3.8, 4) is 5.75 Å². The van der Waals surface area contributed by atoms with Gasteiger partial charge in [-0.1, -0.05) is 30.9 Å². The first-order valence-electron chi connectivity index (χ1n) is 8.49. The van der Waals surface area contributed by atoms with Crippen LogP contribution in [0, 0.1) is 0 Å². The highest BCUT2D eigenvalue weighted by Crippen LogP contribution is 2.38. The fraction of sp³-hybridized carbons (Fsp3) is 0.556. The number of carbonyl (C=O) groups is 2. The zero-order valence-electron chi connectivity index (χ0n) is 14.1.